The number of rotatable bonds is 4. The molecule has 4 heterocycles. The lowest BCUT2D eigenvalue weighted by molar-refractivity contribution is -0.0753. The van der Waals surface area contributed by atoms with Crippen molar-refractivity contribution in [3.63, 3.8) is 0 Å². The van der Waals surface area contributed by atoms with Gasteiger partial charge in [-0.1, -0.05) is 34.1 Å². The number of ether oxygens (including phenoxy) is 1. The molecule has 5 nitrogen and oxygen atoms in total. The van der Waals surface area contributed by atoms with Crippen LogP contribution in [0.1, 0.15) is 18.6 Å². The van der Waals surface area contributed by atoms with Crippen molar-refractivity contribution in [3.05, 3.63) is 64.8 Å². The van der Waals surface area contributed by atoms with Crippen LogP contribution >= 0.6 is 15.9 Å². The van der Waals surface area contributed by atoms with E-state index < -0.39 is 0 Å². The maximum absolute atomic E-state index is 12.6. The third kappa shape index (κ3) is 3.91. The number of hydrogen-bond acceptors (Lipinski definition) is 4. The first-order valence-corrected chi connectivity index (χ1v) is 10.9. The molecule has 6 rings (SSSR count). The van der Waals surface area contributed by atoms with Crippen molar-refractivity contribution in [3.8, 4) is 0 Å². The number of nitrogens with one attached hydrogen (secondary N) is 1. The number of amides is 1. The number of furan rings is 1. The van der Waals surface area contributed by atoms with Crippen molar-refractivity contribution in [2.75, 3.05) is 18.4 Å². The van der Waals surface area contributed by atoms with Crippen LogP contribution in [0.15, 0.2) is 63.5 Å². The number of carbonyl (C=O) groups is 1. The summed E-state index contributed by atoms with van der Waals surface area (Å²) in [5, 5.41) is 3.97. The summed E-state index contributed by atoms with van der Waals surface area (Å²) >= 11 is 3.41. The predicted molar refractivity (Wildman–Crippen MR) is 116 cm³/mol. The summed E-state index contributed by atoms with van der Waals surface area (Å²) in [4.78, 5) is 15.0. The molecule has 3 aromatic rings. The summed E-state index contributed by atoms with van der Waals surface area (Å²) in [5.74, 6) is 1.36. The molecule has 3 fully saturated rings. The van der Waals surface area contributed by atoms with Crippen molar-refractivity contribution >= 4 is 38.7 Å². The Morgan fingerprint density at radius 3 is 2.66 bits per heavy atom. The molecule has 3 aliphatic rings. The van der Waals surface area contributed by atoms with Crippen LogP contribution in [-0.2, 0) is 11.2 Å². The Kier molecular flexibility index (Phi) is 5.06. The van der Waals surface area contributed by atoms with E-state index in [1.54, 1.807) is 0 Å². The summed E-state index contributed by atoms with van der Waals surface area (Å²) in [6.07, 6.45) is 2.39. The van der Waals surface area contributed by atoms with Crippen molar-refractivity contribution in [1.82, 2.24) is 4.90 Å². The molecule has 2 aromatic carbocycles. The molecule has 6 heteroatoms. The number of anilines is 1. The Balaban J connectivity index is 1.32. The van der Waals surface area contributed by atoms with Crippen LogP contribution in [0.5, 0.6) is 0 Å². The highest BCUT2D eigenvalue weighted by atomic mass is 79.9. The van der Waals surface area contributed by atoms with Crippen LogP contribution in [0.4, 0.5) is 10.5 Å². The standard InChI is InChI=1S/C23H23BrN2O3/c24-17-5-7-18(8-6-17)25-23(27)29-22-15-9-11-26(12-10-15)20(22)14-19-13-16-3-1-2-4-21(16)28-19/h1-8,13,15,20,22H,9-12,14H2,(H,25,27)/t20-,22-/m1/s1. The molecule has 0 radical (unpaired) electrons. The third-order valence-electron chi connectivity index (χ3n) is 6.11. The monoisotopic (exact) mass is 454 g/mol. The number of para-hydroxylation sites is 1. The Morgan fingerprint density at radius 2 is 1.90 bits per heavy atom. The number of benzene rings is 2. The van der Waals surface area contributed by atoms with E-state index in [-0.39, 0.29) is 18.2 Å². The SMILES string of the molecule is O=C(Nc1ccc(Br)cc1)O[C@@H]1C2CCN(CC2)[C@@H]1Cc1cc2ccccc2o1. The normalized spacial score (nSPS) is 25.8. The highest BCUT2D eigenvalue weighted by Gasteiger charge is 2.44. The minimum atomic E-state index is -0.388. The lowest BCUT2D eigenvalue weighted by atomic mass is 9.79. The number of halogens is 1. The van der Waals surface area contributed by atoms with Gasteiger partial charge >= 0.3 is 6.09 Å². The fourth-order valence-electron chi connectivity index (χ4n) is 4.67. The third-order valence-corrected chi connectivity index (χ3v) is 6.64. The Hall–Kier alpha value is -2.31. The van der Waals surface area contributed by atoms with Gasteiger partial charge in [0.25, 0.3) is 0 Å². The molecule has 29 heavy (non-hydrogen) atoms. The summed E-state index contributed by atoms with van der Waals surface area (Å²) in [5.41, 5.74) is 1.64. The molecule has 150 valence electrons. The number of carbonyl (C=O) groups excluding carboxylic acids is 1. The number of piperidine rings is 3. The molecule has 0 spiro atoms. The zero-order chi connectivity index (χ0) is 19.8. The molecule has 3 saturated heterocycles. The van der Waals surface area contributed by atoms with Crippen LogP contribution in [0.2, 0.25) is 0 Å². The minimum absolute atomic E-state index is 0.124. The molecule has 1 N–H and O–H groups in total. The fraction of sp³-hybridized carbons (Fsp3) is 0.348. The maximum atomic E-state index is 12.6. The van der Waals surface area contributed by atoms with Gasteiger partial charge in [0.05, 0.1) is 6.04 Å². The number of nitrogens with zero attached hydrogens (tertiary/aromatic N) is 1. The molecule has 0 unspecified atom stereocenters. The average Bonchev–Trinajstić information content (AvgIpc) is 3.15. The molecule has 1 aromatic heterocycles. The smallest absolute Gasteiger partial charge is 0.411 e. The van der Waals surface area contributed by atoms with E-state index >= 15 is 0 Å². The van der Waals surface area contributed by atoms with Crippen molar-refractivity contribution in [1.29, 1.82) is 0 Å². The first-order chi connectivity index (χ1) is 14.2. The zero-order valence-corrected chi connectivity index (χ0v) is 17.6. The van der Waals surface area contributed by atoms with E-state index in [0.717, 1.165) is 59.2 Å². The van der Waals surface area contributed by atoms with Crippen molar-refractivity contribution in [2.45, 2.75) is 31.4 Å². The number of hydrogen-bond donors (Lipinski definition) is 1. The van der Waals surface area contributed by atoms with E-state index in [1.165, 1.54) is 0 Å². The van der Waals surface area contributed by atoms with Gasteiger partial charge in [-0.3, -0.25) is 10.2 Å². The molecular weight excluding hydrogens is 432 g/mol. The quantitative estimate of drug-likeness (QED) is 0.569. The summed E-state index contributed by atoms with van der Waals surface area (Å²) in [6, 6.07) is 17.8. The van der Waals surface area contributed by atoms with Gasteiger partial charge in [-0.15, -0.1) is 0 Å². The topological polar surface area (TPSA) is 54.7 Å². The second-order valence-electron chi connectivity index (χ2n) is 7.90. The first kappa shape index (κ1) is 18.7. The lowest BCUT2D eigenvalue weighted by Gasteiger charge is -2.49. The summed E-state index contributed by atoms with van der Waals surface area (Å²) in [6.45, 7) is 2.12. The van der Waals surface area contributed by atoms with Crippen molar-refractivity contribution in [2.24, 2.45) is 5.92 Å². The highest BCUT2D eigenvalue weighted by molar-refractivity contribution is 9.10. The summed E-state index contributed by atoms with van der Waals surface area (Å²) in [7, 11) is 0. The van der Waals surface area contributed by atoms with E-state index in [9.17, 15) is 4.79 Å². The van der Waals surface area contributed by atoms with Gasteiger partial charge in [0.2, 0.25) is 0 Å². The molecule has 0 saturated carbocycles. The van der Waals surface area contributed by atoms with E-state index in [1.807, 2.05) is 42.5 Å². The fourth-order valence-corrected chi connectivity index (χ4v) is 4.93. The Morgan fingerprint density at radius 1 is 1.14 bits per heavy atom. The van der Waals surface area contributed by atoms with Gasteiger partial charge in [-0.05, 0) is 62.3 Å². The largest absolute Gasteiger partial charge is 0.461 e. The van der Waals surface area contributed by atoms with Crippen molar-refractivity contribution < 1.29 is 13.9 Å². The minimum Gasteiger partial charge on any atom is -0.461 e. The lowest BCUT2D eigenvalue weighted by Crippen LogP contribution is -2.60. The van der Waals surface area contributed by atoms with Gasteiger partial charge in [0, 0.05) is 27.9 Å². The second kappa shape index (κ2) is 7.84. The van der Waals surface area contributed by atoms with Crippen LogP contribution < -0.4 is 5.32 Å². The van der Waals surface area contributed by atoms with E-state index in [4.69, 9.17) is 9.15 Å². The summed E-state index contributed by atoms with van der Waals surface area (Å²) < 4.78 is 13.0. The number of fused-ring (bicyclic) bond motifs is 4. The predicted octanol–water partition coefficient (Wildman–Crippen LogP) is 5.45. The van der Waals surface area contributed by atoms with E-state index in [0.29, 0.717) is 5.92 Å². The van der Waals surface area contributed by atoms with Gasteiger partial charge in [-0.2, -0.15) is 0 Å². The molecular formula is C23H23BrN2O3. The van der Waals surface area contributed by atoms with Gasteiger partial charge in [0.15, 0.2) is 0 Å². The average molecular weight is 455 g/mol. The van der Waals surface area contributed by atoms with Gasteiger partial charge in [0.1, 0.15) is 17.4 Å². The maximum Gasteiger partial charge on any atom is 0.411 e. The van der Waals surface area contributed by atoms with Gasteiger partial charge < -0.3 is 9.15 Å². The highest BCUT2D eigenvalue weighted by Crippen LogP contribution is 2.36. The van der Waals surface area contributed by atoms with Crippen LogP contribution in [0, 0.1) is 5.92 Å². The molecule has 2 bridgehead atoms. The zero-order valence-electron chi connectivity index (χ0n) is 16.0. The molecule has 0 aliphatic carbocycles. The molecule has 2 atom stereocenters. The first-order valence-electron chi connectivity index (χ1n) is 10.1. The van der Waals surface area contributed by atoms with Crippen LogP contribution in [-0.4, -0.2) is 36.2 Å². The molecule has 1 amide bonds. The van der Waals surface area contributed by atoms with E-state index in [2.05, 4.69) is 38.3 Å². The molecule has 3 aliphatic heterocycles. The van der Waals surface area contributed by atoms with Gasteiger partial charge in [-0.25, -0.2) is 4.79 Å². The van der Waals surface area contributed by atoms with Crippen LogP contribution in [0.25, 0.3) is 11.0 Å². The Bertz CT molecular complexity index is 975. The Labute approximate surface area is 178 Å². The second-order valence-corrected chi connectivity index (χ2v) is 8.81. The van der Waals surface area contributed by atoms with Crippen LogP contribution in [0.3, 0.4) is 0 Å².